The van der Waals surface area contributed by atoms with Gasteiger partial charge in [0.2, 0.25) is 0 Å². The fourth-order valence-corrected chi connectivity index (χ4v) is 3.12. The Kier molecular flexibility index (Phi) is 4.91. The van der Waals surface area contributed by atoms with E-state index in [-0.39, 0.29) is 18.2 Å². The van der Waals surface area contributed by atoms with Crippen LogP contribution in [-0.4, -0.2) is 64.9 Å². The van der Waals surface area contributed by atoms with Gasteiger partial charge in [0.15, 0.2) is 0 Å². The van der Waals surface area contributed by atoms with Gasteiger partial charge in [0, 0.05) is 32.2 Å². The Bertz CT molecular complexity index is 341. The number of hydrogen-bond donors (Lipinski definition) is 1. The van der Waals surface area contributed by atoms with Crippen molar-refractivity contribution in [2.75, 3.05) is 26.2 Å². The van der Waals surface area contributed by atoms with Gasteiger partial charge in [-0.3, -0.25) is 4.90 Å². The van der Waals surface area contributed by atoms with Gasteiger partial charge in [0.05, 0.1) is 6.10 Å². The summed E-state index contributed by atoms with van der Waals surface area (Å²) >= 11 is 0. The van der Waals surface area contributed by atoms with Crippen molar-refractivity contribution in [1.82, 2.24) is 9.80 Å². The molecule has 0 unspecified atom stereocenters. The third-order valence-electron chi connectivity index (χ3n) is 4.10. The highest BCUT2D eigenvalue weighted by atomic mass is 16.6. The molecule has 0 aromatic rings. The van der Waals surface area contributed by atoms with Crippen molar-refractivity contribution in [3.8, 4) is 0 Å². The Morgan fingerprint density at radius 1 is 1.10 bits per heavy atom. The molecule has 2 rings (SSSR count). The summed E-state index contributed by atoms with van der Waals surface area (Å²) in [6, 6.07) is 0.286. The molecule has 0 aromatic heterocycles. The monoisotopic (exact) mass is 284 g/mol. The maximum absolute atomic E-state index is 12.1. The third kappa shape index (κ3) is 4.09. The van der Waals surface area contributed by atoms with Gasteiger partial charge in [-0.25, -0.2) is 4.79 Å². The van der Waals surface area contributed by atoms with Gasteiger partial charge in [-0.1, -0.05) is 0 Å². The maximum atomic E-state index is 12.1. The molecule has 0 radical (unpaired) electrons. The quantitative estimate of drug-likeness (QED) is 0.798. The summed E-state index contributed by atoms with van der Waals surface area (Å²) in [5, 5.41) is 10.0. The molecule has 1 N–H and O–H groups in total. The molecule has 1 aliphatic carbocycles. The van der Waals surface area contributed by atoms with Gasteiger partial charge in [0.1, 0.15) is 5.60 Å². The van der Waals surface area contributed by atoms with Crippen LogP contribution >= 0.6 is 0 Å². The fraction of sp³-hybridized carbons (Fsp3) is 0.933. The van der Waals surface area contributed by atoms with E-state index in [0.717, 1.165) is 45.3 Å². The van der Waals surface area contributed by atoms with Crippen LogP contribution in [0, 0.1) is 0 Å². The molecule has 5 nitrogen and oxygen atoms in total. The maximum Gasteiger partial charge on any atom is 0.410 e. The molecule has 2 atom stereocenters. The van der Waals surface area contributed by atoms with Crippen molar-refractivity contribution in [3.63, 3.8) is 0 Å². The summed E-state index contributed by atoms with van der Waals surface area (Å²) in [7, 11) is 0. The first-order valence-corrected chi connectivity index (χ1v) is 7.77. The Hall–Kier alpha value is -0.810. The zero-order chi connectivity index (χ0) is 14.8. The third-order valence-corrected chi connectivity index (χ3v) is 4.10. The molecule has 20 heavy (non-hydrogen) atoms. The minimum absolute atomic E-state index is 0.192. The van der Waals surface area contributed by atoms with Crippen LogP contribution in [0.15, 0.2) is 0 Å². The number of carbonyl (C=O) groups is 1. The van der Waals surface area contributed by atoms with Crippen LogP contribution in [0.4, 0.5) is 4.79 Å². The molecule has 0 aromatic carbocycles. The van der Waals surface area contributed by atoms with Gasteiger partial charge < -0.3 is 14.7 Å². The van der Waals surface area contributed by atoms with E-state index in [0.29, 0.717) is 6.54 Å². The van der Waals surface area contributed by atoms with Crippen LogP contribution in [0.5, 0.6) is 0 Å². The van der Waals surface area contributed by atoms with E-state index in [4.69, 9.17) is 4.74 Å². The van der Waals surface area contributed by atoms with E-state index in [2.05, 4.69) is 4.90 Å². The van der Waals surface area contributed by atoms with Crippen molar-refractivity contribution in [1.29, 1.82) is 0 Å². The normalized spacial score (nSPS) is 29.3. The van der Waals surface area contributed by atoms with Crippen molar-refractivity contribution in [3.05, 3.63) is 0 Å². The van der Waals surface area contributed by atoms with Crippen LogP contribution in [0.1, 0.15) is 46.5 Å². The largest absolute Gasteiger partial charge is 0.444 e. The summed E-state index contributed by atoms with van der Waals surface area (Å²) in [5.74, 6) is 0. The van der Waals surface area contributed by atoms with E-state index < -0.39 is 5.60 Å². The van der Waals surface area contributed by atoms with Gasteiger partial charge >= 0.3 is 6.09 Å². The Morgan fingerprint density at radius 3 is 2.45 bits per heavy atom. The summed E-state index contributed by atoms with van der Waals surface area (Å²) in [5.41, 5.74) is -0.440. The highest BCUT2D eigenvalue weighted by Gasteiger charge is 2.32. The smallest absolute Gasteiger partial charge is 0.410 e. The van der Waals surface area contributed by atoms with Crippen LogP contribution in [0.3, 0.4) is 0 Å². The highest BCUT2D eigenvalue weighted by molar-refractivity contribution is 5.68. The molecule has 1 saturated heterocycles. The molecule has 0 bridgehead atoms. The van der Waals surface area contributed by atoms with E-state index in [1.54, 1.807) is 4.90 Å². The lowest BCUT2D eigenvalue weighted by molar-refractivity contribution is 0.0247. The SMILES string of the molecule is CC(C)(C)OC(=O)N1CCCN([C@@H]2CCC[C@H]2O)CC1. The highest BCUT2D eigenvalue weighted by Crippen LogP contribution is 2.25. The molecular formula is C15H28N2O3. The number of aliphatic hydroxyl groups is 1. The standard InChI is InChI=1S/C15H28N2O3/c1-15(2,3)20-14(19)17-9-5-8-16(10-11-17)12-6-4-7-13(12)18/h12-13,18H,4-11H2,1-3H3/t12-,13-/m1/s1. The zero-order valence-corrected chi connectivity index (χ0v) is 13.0. The molecule has 1 amide bonds. The van der Waals surface area contributed by atoms with Crippen molar-refractivity contribution in [2.24, 2.45) is 0 Å². The second kappa shape index (κ2) is 6.31. The van der Waals surface area contributed by atoms with Crippen molar-refractivity contribution in [2.45, 2.75) is 64.2 Å². The van der Waals surface area contributed by atoms with Crippen molar-refractivity contribution >= 4 is 6.09 Å². The van der Waals surface area contributed by atoms with E-state index >= 15 is 0 Å². The second-order valence-corrected chi connectivity index (χ2v) is 6.92. The van der Waals surface area contributed by atoms with Gasteiger partial charge in [-0.15, -0.1) is 0 Å². The molecule has 2 fully saturated rings. The number of aliphatic hydroxyl groups excluding tert-OH is 1. The molecular weight excluding hydrogens is 256 g/mol. The van der Waals surface area contributed by atoms with Crippen LogP contribution < -0.4 is 0 Å². The molecule has 2 aliphatic rings. The van der Waals surface area contributed by atoms with Crippen LogP contribution in [0.2, 0.25) is 0 Å². The molecule has 1 heterocycles. The minimum Gasteiger partial charge on any atom is -0.444 e. The lowest BCUT2D eigenvalue weighted by Crippen LogP contribution is -2.43. The predicted octanol–water partition coefficient (Wildman–Crippen LogP) is 1.84. The fourth-order valence-electron chi connectivity index (χ4n) is 3.12. The average Bonchev–Trinajstić information content (AvgIpc) is 2.62. The molecule has 5 heteroatoms. The first-order valence-electron chi connectivity index (χ1n) is 7.77. The Morgan fingerprint density at radius 2 is 1.85 bits per heavy atom. The lowest BCUT2D eigenvalue weighted by Gasteiger charge is -2.30. The number of carbonyl (C=O) groups excluding carboxylic acids is 1. The predicted molar refractivity (Wildman–Crippen MR) is 77.6 cm³/mol. The van der Waals surface area contributed by atoms with Gasteiger partial charge in [0.25, 0.3) is 0 Å². The summed E-state index contributed by atoms with van der Waals surface area (Å²) in [6.45, 7) is 8.91. The van der Waals surface area contributed by atoms with E-state index in [1.807, 2.05) is 20.8 Å². The van der Waals surface area contributed by atoms with E-state index in [1.165, 1.54) is 0 Å². The molecule has 0 spiro atoms. The Balaban J connectivity index is 1.87. The van der Waals surface area contributed by atoms with Crippen LogP contribution in [-0.2, 0) is 4.74 Å². The lowest BCUT2D eigenvalue weighted by atomic mass is 10.1. The van der Waals surface area contributed by atoms with Gasteiger partial charge in [-0.05, 0) is 46.5 Å². The summed E-state index contributed by atoms with van der Waals surface area (Å²) < 4.78 is 5.43. The first kappa shape index (κ1) is 15.6. The molecule has 1 saturated carbocycles. The number of ether oxygens (including phenoxy) is 1. The number of hydrogen-bond acceptors (Lipinski definition) is 4. The van der Waals surface area contributed by atoms with E-state index in [9.17, 15) is 9.90 Å². The Labute approximate surface area is 121 Å². The first-order chi connectivity index (χ1) is 9.37. The van der Waals surface area contributed by atoms with Crippen molar-refractivity contribution < 1.29 is 14.6 Å². The number of rotatable bonds is 1. The minimum atomic E-state index is -0.440. The molecule has 1 aliphatic heterocycles. The summed E-state index contributed by atoms with van der Waals surface area (Å²) in [6.07, 6.45) is 3.64. The zero-order valence-electron chi connectivity index (χ0n) is 13.0. The topological polar surface area (TPSA) is 53.0 Å². The number of amides is 1. The average molecular weight is 284 g/mol. The second-order valence-electron chi connectivity index (χ2n) is 6.92. The summed E-state index contributed by atoms with van der Waals surface area (Å²) in [4.78, 5) is 16.2. The number of nitrogens with zero attached hydrogens (tertiary/aromatic N) is 2. The van der Waals surface area contributed by atoms with Gasteiger partial charge in [-0.2, -0.15) is 0 Å². The van der Waals surface area contributed by atoms with Crippen LogP contribution in [0.25, 0.3) is 0 Å². The molecule has 116 valence electrons.